The molecule has 0 aliphatic rings. The minimum absolute atomic E-state index is 0.615. The van der Waals surface area contributed by atoms with Gasteiger partial charge in [-0.1, -0.05) is 6.07 Å². The predicted octanol–water partition coefficient (Wildman–Crippen LogP) is 1.81. The fourth-order valence-electron chi connectivity index (χ4n) is 1.09. The van der Waals surface area contributed by atoms with Gasteiger partial charge in [-0.2, -0.15) is 0 Å². The Morgan fingerprint density at radius 3 is 2.69 bits per heavy atom. The average molecular weight is 200 g/mol. The third-order valence-corrected chi connectivity index (χ3v) is 3.00. The van der Waals surface area contributed by atoms with Gasteiger partial charge in [-0.3, -0.25) is 0 Å². The maximum atomic E-state index is 9.54. The lowest BCUT2D eigenvalue weighted by molar-refractivity contribution is -0.0509. The lowest BCUT2D eigenvalue weighted by Gasteiger charge is -2.24. The van der Waals surface area contributed by atoms with Gasteiger partial charge in [0.25, 0.3) is 0 Å². The van der Waals surface area contributed by atoms with Crippen LogP contribution >= 0.6 is 11.3 Å². The maximum absolute atomic E-state index is 9.54. The summed E-state index contributed by atoms with van der Waals surface area (Å²) in [5, 5.41) is 21.0. The second kappa shape index (κ2) is 4.22. The molecule has 13 heavy (non-hydrogen) atoms. The van der Waals surface area contributed by atoms with Crippen LogP contribution in [0.15, 0.2) is 17.5 Å². The van der Waals surface area contributed by atoms with Gasteiger partial charge in [0.2, 0.25) is 0 Å². The fourth-order valence-corrected chi connectivity index (χ4v) is 1.81. The molecule has 2 nitrogen and oxygen atoms in total. The molecule has 1 aromatic rings. The molecular weight excluding hydrogens is 184 g/mol. The molecule has 0 bridgehead atoms. The van der Waals surface area contributed by atoms with E-state index < -0.39 is 11.7 Å². The van der Waals surface area contributed by atoms with Crippen LogP contribution in [0.25, 0.3) is 0 Å². The van der Waals surface area contributed by atoms with E-state index >= 15 is 0 Å². The summed E-state index contributed by atoms with van der Waals surface area (Å²) in [5.41, 5.74) is -0.989. The zero-order chi connectivity index (χ0) is 9.90. The Morgan fingerprint density at radius 1 is 1.54 bits per heavy atom. The number of aryl methyl sites for hydroxylation is 1. The summed E-state index contributed by atoms with van der Waals surface area (Å²) in [6, 6.07) is 4.04. The first-order valence-corrected chi connectivity index (χ1v) is 5.31. The number of aliphatic hydroxyl groups excluding tert-OH is 1. The van der Waals surface area contributed by atoms with Gasteiger partial charge in [-0.25, -0.2) is 0 Å². The van der Waals surface area contributed by atoms with Gasteiger partial charge >= 0.3 is 0 Å². The van der Waals surface area contributed by atoms with Crippen LogP contribution in [0.1, 0.15) is 25.1 Å². The SMILES string of the molecule is CC(C)(O)C(O)CCc1cccs1. The molecule has 3 heteroatoms. The summed E-state index contributed by atoms with van der Waals surface area (Å²) in [6.07, 6.45) is 0.807. The highest BCUT2D eigenvalue weighted by molar-refractivity contribution is 7.09. The number of hydrogen-bond donors (Lipinski definition) is 2. The van der Waals surface area contributed by atoms with Crippen LogP contribution in [0.5, 0.6) is 0 Å². The van der Waals surface area contributed by atoms with E-state index in [2.05, 4.69) is 0 Å². The minimum Gasteiger partial charge on any atom is -0.390 e. The molecule has 0 saturated carbocycles. The first kappa shape index (κ1) is 10.7. The number of aliphatic hydroxyl groups is 2. The zero-order valence-electron chi connectivity index (χ0n) is 8.03. The van der Waals surface area contributed by atoms with E-state index in [1.165, 1.54) is 4.88 Å². The molecule has 0 spiro atoms. The molecule has 0 fully saturated rings. The van der Waals surface area contributed by atoms with E-state index in [0.717, 1.165) is 6.42 Å². The van der Waals surface area contributed by atoms with Crippen LogP contribution in [0.4, 0.5) is 0 Å². The highest BCUT2D eigenvalue weighted by Crippen LogP contribution is 2.17. The molecular formula is C10H16O2S. The summed E-state index contributed by atoms with van der Waals surface area (Å²) in [7, 11) is 0. The molecule has 0 aromatic carbocycles. The third-order valence-electron chi connectivity index (χ3n) is 2.06. The van der Waals surface area contributed by atoms with Crippen molar-refractivity contribution in [1.29, 1.82) is 0 Å². The van der Waals surface area contributed by atoms with Crippen molar-refractivity contribution in [2.45, 2.75) is 38.4 Å². The quantitative estimate of drug-likeness (QED) is 0.778. The Bertz CT molecular complexity index is 236. The maximum Gasteiger partial charge on any atom is 0.0849 e. The Hall–Kier alpha value is -0.380. The minimum atomic E-state index is -0.989. The summed E-state index contributed by atoms with van der Waals surface area (Å²) in [4.78, 5) is 1.25. The summed E-state index contributed by atoms with van der Waals surface area (Å²) in [5.74, 6) is 0. The van der Waals surface area contributed by atoms with Crippen molar-refractivity contribution in [3.05, 3.63) is 22.4 Å². The van der Waals surface area contributed by atoms with Crippen molar-refractivity contribution in [3.63, 3.8) is 0 Å². The van der Waals surface area contributed by atoms with Gasteiger partial charge in [-0.15, -0.1) is 11.3 Å². The third kappa shape index (κ3) is 3.46. The van der Waals surface area contributed by atoms with E-state index in [1.54, 1.807) is 25.2 Å². The molecule has 0 amide bonds. The highest BCUT2D eigenvalue weighted by atomic mass is 32.1. The predicted molar refractivity (Wildman–Crippen MR) is 54.9 cm³/mol. The standard InChI is InChI=1S/C10H16O2S/c1-10(2,12)9(11)6-5-8-4-3-7-13-8/h3-4,7,9,11-12H,5-6H2,1-2H3. The molecule has 1 rings (SSSR count). The first-order valence-electron chi connectivity index (χ1n) is 4.43. The van der Waals surface area contributed by atoms with Gasteiger partial charge < -0.3 is 10.2 Å². The van der Waals surface area contributed by atoms with Crippen molar-refractivity contribution < 1.29 is 10.2 Å². The molecule has 0 radical (unpaired) electrons. The first-order chi connectivity index (χ1) is 6.00. The van der Waals surface area contributed by atoms with Gasteiger partial charge in [-0.05, 0) is 38.1 Å². The van der Waals surface area contributed by atoms with Gasteiger partial charge in [0, 0.05) is 4.88 Å². The summed E-state index contributed by atoms with van der Waals surface area (Å²) >= 11 is 1.68. The summed E-state index contributed by atoms with van der Waals surface area (Å²) in [6.45, 7) is 3.26. The highest BCUT2D eigenvalue weighted by Gasteiger charge is 2.23. The van der Waals surface area contributed by atoms with Crippen molar-refractivity contribution in [2.75, 3.05) is 0 Å². The van der Waals surface area contributed by atoms with Crippen molar-refractivity contribution >= 4 is 11.3 Å². The Morgan fingerprint density at radius 2 is 2.23 bits per heavy atom. The average Bonchev–Trinajstić information content (AvgIpc) is 2.50. The zero-order valence-corrected chi connectivity index (χ0v) is 8.84. The van der Waals surface area contributed by atoms with Gasteiger partial charge in [0.1, 0.15) is 0 Å². The lowest BCUT2D eigenvalue weighted by atomic mass is 9.97. The van der Waals surface area contributed by atoms with Crippen LogP contribution in [-0.4, -0.2) is 21.9 Å². The van der Waals surface area contributed by atoms with Crippen molar-refractivity contribution in [3.8, 4) is 0 Å². The Kier molecular flexibility index (Phi) is 3.47. The molecule has 0 aliphatic heterocycles. The second-order valence-electron chi connectivity index (χ2n) is 3.79. The van der Waals surface area contributed by atoms with Gasteiger partial charge in [0.05, 0.1) is 11.7 Å². The molecule has 1 heterocycles. The van der Waals surface area contributed by atoms with E-state index in [0.29, 0.717) is 6.42 Å². The van der Waals surface area contributed by atoms with Crippen molar-refractivity contribution in [1.82, 2.24) is 0 Å². The summed E-state index contributed by atoms with van der Waals surface area (Å²) < 4.78 is 0. The molecule has 0 saturated heterocycles. The number of hydrogen-bond acceptors (Lipinski definition) is 3. The van der Waals surface area contributed by atoms with Crippen LogP contribution in [-0.2, 0) is 6.42 Å². The Labute approximate surface area is 82.8 Å². The van der Waals surface area contributed by atoms with Gasteiger partial charge in [0.15, 0.2) is 0 Å². The van der Waals surface area contributed by atoms with E-state index in [4.69, 9.17) is 0 Å². The van der Waals surface area contributed by atoms with Crippen LogP contribution < -0.4 is 0 Å². The Balaban J connectivity index is 2.35. The molecule has 2 N–H and O–H groups in total. The number of rotatable bonds is 4. The van der Waals surface area contributed by atoms with E-state index in [-0.39, 0.29) is 0 Å². The van der Waals surface area contributed by atoms with E-state index in [9.17, 15) is 10.2 Å². The second-order valence-corrected chi connectivity index (χ2v) is 4.82. The largest absolute Gasteiger partial charge is 0.390 e. The van der Waals surface area contributed by atoms with Crippen LogP contribution in [0.2, 0.25) is 0 Å². The van der Waals surface area contributed by atoms with Crippen LogP contribution in [0.3, 0.4) is 0 Å². The molecule has 1 unspecified atom stereocenters. The van der Waals surface area contributed by atoms with Crippen molar-refractivity contribution in [2.24, 2.45) is 0 Å². The monoisotopic (exact) mass is 200 g/mol. The number of thiophene rings is 1. The van der Waals surface area contributed by atoms with Crippen LogP contribution in [0, 0.1) is 0 Å². The smallest absolute Gasteiger partial charge is 0.0849 e. The molecule has 0 aliphatic carbocycles. The molecule has 1 atom stereocenters. The molecule has 1 aromatic heterocycles. The topological polar surface area (TPSA) is 40.5 Å². The lowest BCUT2D eigenvalue weighted by Crippen LogP contribution is -2.35. The van der Waals surface area contributed by atoms with E-state index in [1.807, 2.05) is 17.5 Å². The molecule has 74 valence electrons. The normalized spacial score (nSPS) is 14.5. The fraction of sp³-hybridized carbons (Fsp3) is 0.600.